The van der Waals surface area contributed by atoms with Crippen molar-refractivity contribution in [3.05, 3.63) is 29.3 Å². The highest BCUT2D eigenvalue weighted by Crippen LogP contribution is 2.26. The first-order valence-electron chi connectivity index (χ1n) is 7.33. The number of likely N-dealkylation sites (tertiary alicyclic amines) is 1. The fourth-order valence-corrected chi connectivity index (χ4v) is 2.55. The van der Waals surface area contributed by atoms with Crippen molar-refractivity contribution in [3.8, 4) is 0 Å². The zero-order valence-electron chi connectivity index (χ0n) is 12.4. The Kier molecular flexibility index (Phi) is 3.49. The number of nitrogens with zero attached hydrogens (tertiary/aromatic N) is 3. The van der Waals surface area contributed by atoms with Crippen LogP contribution in [0.5, 0.6) is 0 Å². The number of hydrazone groups is 1. The van der Waals surface area contributed by atoms with Crippen LogP contribution in [0.1, 0.15) is 30.4 Å². The van der Waals surface area contributed by atoms with Crippen molar-refractivity contribution in [3.63, 3.8) is 0 Å². The number of aryl methyl sites for hydroxylation is 2. The highest BCUT2D eigenvalue weighted by molar-refractivity contribution is 6.40. The van der Waals surface area contributed by atoms with Gasteiger partial charge in [0, 0.05) is 25.9 Å². The number of amides is 2. The van der Waals surface area contributed by atoms with E-state index in [0.29, 0.717) is 18.6 Å². The molecule has 2 aliphatic rings. The summed E-state index contributed by atoms with van der Waals surface area (Å²) >= 11 is 0. The lowest BCUT2D eigenvalue weighted by atomic mass is 10.1. The maximum Gasteiger partial charge on any atom is 0.270 e. The molecule has 0 spiro atoms. The molecular weight excluding hydrogens is 266 g/mol. The molecule has 1 saturated heterocycles. The van der Waals surface area contributed by atoms with Gasteiger partial charge in [-0.05, 0) is 37.5 Å². The van der Waals surface area contributed by atoms with Crippen LogP contribution in [0.3, 0.4) is 0 Å². The fourth-order valence-electron chi connectivity index (χ4n) is 2.55. The number of benzene rings is 1. The van der Waals surface area contributed by atoms with Crippen LogP contribution in [-0.2, 0) is 9.59 Å². The van der Waals surface area contributed by atoms with E-state index in [1.165, 1.54) is 5.01 Å². The zero-order valence-corrected chi connectivity index (χ0v) is 12.4. The molecule has 2 aliphatic heterocycles. The van der Waals surface area contributed by atoms with Crippen molar-refractivity contribution in [2.24, 2.45) is 5.10 Å². The van der Waals surface area contributed by atoms with Gasteiger partial charge in [-0.1, -0.05) is 12.1 Å². The second-order valence-electron chi connectivity index (χ2n) is 5.69. The molecule has 0 saturated carbocycles. The van der Waals surface area contributed by atoms with Crippen LogP contribution >= 0.6 is 0 Å². The summed E-state index contributed by atoms with van der Waals surface area (Å²) in [6.45, 7) is 5.53. The quantitative estimate of drug-likeness (QED) is 0.834. The Morgan fingerprint density at radius 1 is 1.19 bits per heavy atom. The first-order chi connectivity index (χ1) is 10.1. The van der Waals surface area contributed by atoms with Gasteiger partial charge in [0.05, 0.1) is 5.69 Å². The molecule has 0 atom stereocenters. The summed E-state index contributed by atoms with van der Waals surface area (Å²) in [6.07, 6.45) is 1.83. The van der Waals surface area contributed by atoms with E-state index in [1.54, 1.807) is 4.90 Å². The Hall–Kier alpha value is -2.17. The molecule has 0 aromatic heterocycles. The van der Waals surface area contributed by atoms with Gasteiger partial charge >= 0.3 is 0 Å². The minimum absolute atomic E-state index is 0.0240. The molecule has 21 heavy (non-hydrogen) atoms. The van der Waals surface area contributed by atoms with E-state index in [1.807, 2.05) is 32.0 Å². The van der Waals surface area contributed by atoms with Gasteiger partial charge in [-0.2, -0.15) is 5.10 Å². The molecule has 110 valence electrons. The molecule has 1 aromatic carbocycles. The van der Waals surface area contributed by atoms with Crippen LogP contribution in [0.15, 0.2) is 23.3 Å². The fraction of sp³-hybridized carbons (Fsp3) is 0.438. The molecule has 0 radical (unpaired) electrons. The van der Waals surface area contributed by atoms with Gasteiger partial charge in [0.15, 0.2) is 0 Å². The van der Waals surface area contributed by atoms with Crippen molar-refractivity contribution in [2.45, 2.75) is 33.1 Å². The minimum Gasteiger partial charge on any atom is -0.337 e. The first-order valence-corrected chi connectivity index (χ1v) is 7.33. The Bertz CT molecular complexity index is 632. The predicted molar refractivity (Wildman–Crippen MR) is 81.3 cm³/mol. The van der Waals surface area contributed by atoms with E-state index in [4.69, 9.17) is 0 Å². The molecular formula is C16H19N3O2. The minimum atomic E-state index is -0.0520. The number of carbonyl (C=O) groups excluding carboxylic acids is 2. The van der Waals surface area contributed by atoms with Gasteiger partial charge in [0.2, 0.25) is 5.91 Å². The van der Waals surface area contributed by atoms with E-state index in [-0.39, 0.29) is 11.8 Å². The monoisotopic (exact) mass is 285 g/mol. The Labute approximate surface area is 124 Å². The maximum atomic E-state index is 12.3. The summed E-state index contributed by atoms with van der Waals surface area (Å²) in [7, 11) is 0. The summed E-state index contributed by atoms with van der Waals surface area (Å²) in [5, 5.41) is 5.75. The molecule has 1 fully saturated rings. The van der Waals surface area contributed by atoms with Crippen molar-refractivity contribution in [1.82, 2.24) is 4.90 Å². The van der Waals surface area contributed by atoms with Crippen molar-refractivity contribution in [1.29, 1.82) is 0 Å². The summed E-state index contributed by atoms with van der Waals surface area (Å²) in [4.78, 5) is 26.2. The van der Waals surface area contributed by atoms with E-state index in [9.17, 15) is 9.59 Å². The number of rotatable bonds is 2. The molecule has 2 heterocycles. The van der Waals surface area contributed by atoms with Gasteiger partial charge in [0.1, 0.15) is 5.71 Å². The first kappa shape index (κ1) is 13.8. The highest BCUT2D eigenvalue weighted by Gasteiger charge is 2.30. The normalized spacial score (nSPS) is 18.4. The SMILES string of the molecule is Cc1ccc(C)c(N2N=C(C(=O)N3CCC3)CCC2=O)c1. The van der Waals surface area contributed by atoms with E-state index in [0.717, 1.165) is 36.3 Å². The molecule has 3 rings (SSSR count). The molecule has 0 N–H and O–H groups in total. The highest BCUT2D eigenvalue weighted by atomic mass is 16.2. The largest absolute Gasteiger partial charge is 0.337 e. The van der Waals surface area contributed by atoms with Crippen LogP contribution in [0.4, 0.5) is 5.69 Å². The third-order valence-corrected chi connectivity index (χ3v) is 4.02. The van der Waals surface area contributed by atoms with Crippen molar-refractivity contribution < 1.29 is 9.59 Å². The summed E-state index contributed by atoms with van der Waals surface area (Å²) in [5.41, 5.74) is 3.32. The van der Waals surface area contributed by atoms with Crippen LogP contribution in [0, 0.1) is 13.8 Å². The molecule has 5 nitrogen and oxygen atoms in total. The lowest BCUT2D eigenvalue weighted by Crippen LogP contribution is -2.47. The van der Waals surface area contributed by atoms with E-state index >= 15 is 0 Å². The summed E-state index contributed by atoms with van der Waals surface area (Å²) in [6, 6.07) is 5.91. The Balaban J connectivity index is 1.93. The number of carbonyl (C=O) groups is 2. The molecule has 1 aromatic rings. The lowest BCUT2D eigenvalue weighted by molar-refractivity contribution is -0.127. The second kappa shape index (κ2) is 5.31. The van der Waals surface area contributed by atoms with Crippen LogP contribution in [0.25, 0.3) is 0 Å². The predicted octanol–water partition coefficient (Wildman–Crippen LogP) is 2.02. The van der Waals surface area contributed by atoms with Gasteiger partial charge < -0.3 is 4.90 Å². The topological polar surface area (TPSA) is 53.0 Å². The zero-order chi connectivity index (χ0) is 15.0. The third-order valence-electron chi connectivity index (χ3n) is 4.02. The Morgan fingerprint density at radius 3 is 2.62 bits per heavy atom. The van der Waals surface area contributed by atoms with Crippen LogP contribution in [0.2, 0.25) is 0 Å². The average Bonchev–Trinajstić information content (AvgIpc) is 2.40. The van der Waals surface area contributed by atoms with E-state index in [2.05, 4.69) is 5.10 Å². The van der Waals surface area contributed by atoms with Gasteiger partial charge in [0.25, 0.3) is 5.91 Å². The van der Waals surface area contributed by atoms with Crippen molar-refractivity contribution >= 4 is 23.2 Å². The van der Waals surface area contributed by atoms with Crippen molar-refractivity contribution in [2.75, 3.05) is 18.1 Å². The summed E-state index contributed by atoms with van der Waals surface area (Å²) in [5.74, 6) is -0.0760. The molecule has 5 heteroatoms. The molecule has 0 bridgehead atoms. The number of anilines is 1. The third kappa shape index (κ3) is 2.55. The van der Waals surface area contributed by atoms with Crippen LogP contribution < -0.4 is 5.01 Å². The van der Waals surface area contributed by atoms with Gasteiger partial charge in [-0.3, -0.25) is 9.59 Å². The van der Waals surface area contributed by atoms with Gasteiger partial charge in [-0.25, -0.2) is 5.01 Å². The summed E-state index contributed by atoms with van der Waals surface area (Å²) < 4.78 is 0. The van der Waals surface area contributed by atoms with Crippen LogP contribution in [-0.4, -0.2) is 35.5 Å². The standard InChI is InChI=1S/C16H19N3O2/c1-11-4-5-12(2)14(10-11)19-15(20)7-6-13(17-19)16(21)18-8-3-9-18/h4-5,10H,3,6-9H2,1-2H3. The maximum absolute atomic E-state index is 12.3. The number of hydrogen-bond donors (Lipinski definition) is 0. The second-order valence-corrected chi connectivity index (χ2v) is 5.69. The molecule has 2 amide bonds. The van der Waals surface area contributed by atoms with Gasteiger partial charge in [-0.15, -0.1) is 0 Å². The number of hydrogen-bond acceptors (Lipinski definition) is 3. The molecule has 0 aliphatic carbocycles. The average molecular weight is 285 g/mol. The smallest absolute Gasteiger partial charge is 0.270 e. The Morgan fingerprint density at radius 2 is 1.95 bits per heavy atom. The molecule has 0 unspecified atom stereocenters. The lowest BCUT2D eigenvalue weighted by Gasteiger charge is -2.33. The van der Waals surface area contributed by atoms with E-state index < -0.39 is 0 Å².